The minimum Gasteiger partial charge on any atom is -0.396 e. The van der Waals surface area contributed by atoms with Crippen molar-refractivity contribution in [2.75, 3.05) is 13.2 Å². The third-order valence-electron chi connectivity index (χ3n) is 3.73. The smallest absolute Gasteiger partial charge is 0.283 e. The van der Waals surface area contributed by atoms with Crippen LogP contribution in [0.25, 0.3) is 0 Å². The number of nitrogens with two attached hydrogens (primary N) is 1. The lowest BCUT2D eigenvalue weighted by Gasteiger charge is -2.37. The molecule has 1 amide bonds. The molecule has 1 fully saturated rings. The van der Waals surface area contributed by atoms with E-state index in [0.29, 0.717) is 18.3 Å². The van der Waals surface area contributed by atoms with Crippen molar-refractivity contribution in [3.63, 3.8) is 0 Å². The molecule has 0 bridgehead atoms. The van der Waals surface area contributed by atoms with Gasteiger partial charge in [-0.15, -0.1) is 0 Å². The Balaban J connectivity index is 2.03. The van der Waals surface area contributed by atoms with Gasteiger partial charge >= 0.3 is 0 Å². The zero-order chi connectivity index (χ0) is 14.4. The molecule has 6 nitrogen and oxygen atoms in total. The van der Waals surface area contributed by atoms with Crippen LogP contribution in [0.1, 0.15) is 41.9 Å². The van der Waals surface area contributed by atoms with Crippen molar-refractivity contribution in [2.24, 2.45) is 5.84 Å². The van der Waals surface area contributed by atoms with Crippen LogP contribution < -0.4 is 11.3 Å². The zero-order valence-corrected chi connectivity index (χ0v) is 11.6. The first-order valence-corrected chi connectivity index (χ1v) is 7.06. The molecular formula is C14H22N4O2. The minimum absolute atomic E-state index is 0.201. The van der Waals surface area contributed by atoms with Crippen LogP contribution in [-0.4, -0.2) is 40.1 Å². The van der Waals surface area contributed by atoms with Crippen LogP contribution in [0, 0.1) is 0 Å². The number of amides is 1. The lowest BCUT2D eigenvalue weighted by Crippen LogP contribution is -2.40. The van der Waals surface area contributed by atoms with Crippen molar-refractivity contribution in [2.45, 2.75) is 38.3 Å². The van der Waals surface area contributed by atoms with Gasteiger partial charge in [-0.25, -0.2) is 10.8 Å². The maximum Gasteiger partial charge on any atom is 0.283 e. The maximum atomic E-state index is 11.5. The van der Waals surface area contributed by atoms with Gasteiger partial charge in [-0.3, -0.25) is 15.1 Å². The highest BCUT2D eigenvalue weighted by Gasteiger charge is 2.24. The third kappa shape index (κ3) is 3.75. The Morgan fingerprint density at radius 2 is 2.30 bits per heavy atom. The third-order valence-corrected chi connectivity index (χ3v) is 3.73. The number of hydrogen-bond acceptors (Lipinski definition) is 5. The molecule has 0 unspecified atom stereocenters. The molecule has 0 aromatic carbocycles. The Hall–Kier alpha value is -1.50. The fourth-order valence-electron chi connectivity index (χ4n) is 2.39. The molecule has 0 radical (unpaired) electrons. The number of nitrogens with one attached hydrogen (secondary N) is 1. The molecule has 1 aromatic heterocycles. The molecule has 110 valence electrons. The number of aliphatic hydroxyl groups excluding tert-OH is 1. The van der Waals surface area contributed by atoms with Crippen LogP contribution >= 0.6 is 0 Å². The van der Waals surface area contributed by atoms with E-state index in [-0.39, 0.29) is 12.5 Å². The monoisotopic (exact) mass is 278 g/mol. The van der Waals surface area contributed by atoms with E-state index in [0.717, 1.165) is 18.7 Å². The molecule has 0 atom stereocenters. The Morgan fingerprint density at radius 1 is 1.50 bits per heavy atom. The van der Waals surface area contributed by atoms with E-state index >= 15 is 0 Å². The molecule has 1 aromatic rings. The van der Waals surface area contributed by atoms with Gasteiger partial charge in [0.25, 0.3) is 5.91 Å². The second-order valence-corrected chi connectivity index (χ2v) is 5.12. The summed E-state index contributed by atoms with van der Waals surface area (Å²) in [6, 6.07) is 5.96. The average Bonchev–Trinajstić information content (AvgIpc) is 2.42. The van der Waals surface area contributed by atoms with Crippen molar-refractivity contribution < 1.29 is 9.90 Å². The largest absolute Gasteiger partial charge is 0.396 e. The molecular weight excluding hydrogens is 256 g/mol. The number of nitrogens with zero attached hydrogens (tertiary/aromatic N) is 2. The standard InChI is InChI=1S/C14H22N4O2/c15-17-14(20)13-7-1-4-11(16-13)10-18(8-3-9-19)12-5-2-6-12/h1,4,7,12,19H,2-3,5-6,8-10,15H2,(H,17,20). The second-order valence-electron chi connectivity index (χ2n) is 5.12. The Kier molecular flexibility index (Phi) is 5.46. The number of carbonyl (C=O) groups is 1. The van der Waals surface area contributed by atoms with Crippen molar-refractivity contribution in [3.05, 3.63) is 29.6 Å². The molecule has 0 saturated heterocycles. The summed E-state index contributed by atoms with van der Waals surface area (Å²) in [5.74, 6) is 4.74. The van der Waals surface area contributed by atoms with Gasteiger partial charge in [-0.1, -0.05) is 12.5 Å². The summed E-state index contributed by atoms with van der Waals surface area (Å²) in [6.07, 6.45) is 4.44. The van der Waals surface area contributed by atoms with Gasteiger partial charge in [-0.2, -0.15) is 0 Å². The summed E-state index contributed by atoms with van der Waals surface area (Å²) in [6.45, 7) is 1.76. The van der Waals surface area contributed by atoms with E-state index in [1.54, 1.807) is 6.07 Å². The molecule has 1 heterocycles. The van der Waals surface area contributed by atoms with Crippen LogP contribution in [0.3, 0.4) is 0 Å². The van der Waals surface area contributed by atoms with Crippen molar-refractivity contribution in [1.29, 1.82) is 0 Å². The second kappa shape index (κ2) is 7.33. The summed E-state index contributed by atoms with van der Waals surface area (Å²) < 4.78 is 0. The number of hydrazine groups is 1. The minimum atomic E-state index is -0.377. The van der Waals surface area contributed by atoms with Gasteiger partial charge in [0.2, 0.25) is 0 Å². The number of rotatable bonds is 7. The summed E-state index contributed by atoms with van der Waals surface area (Å²) in [4.78, 5) is 18.2. The SMILES string of the molecule is NNC(=O)c1cccc(CN(CCCO)C2CCC2)n1. The lowest BCUT2D eigenvalue weighted by molar-refractivity contribution is 0.0946. The predicted molar refractivity (Wildman–Crippen MR) is 75.6 cm³/mol. The van der Waals surface area contributed by atoms with Crippen LogP contribution in [0.2, 0.25) is 0 Å². The van der Waals surface area contributed by atoms with E-state index < -0.39 is 0 Å². The fourth-order valence-corrected chi connectivity index (χ4v) is 2.39. The molecule has 0 aliphatic heterocycles. The van der Waals surface area contributed by atoms with E-state index in [1.165, 1.54) is 19.3 Å². The first-order valence-electron chi connectivity index (χ1n) is 7.06. The van der Waals surface area contributed by atoms with E-state index in [1.807, 2.05) is 12.1 Å². The number of nitrogen functional groups attached to an aromatic ring is 1. The molecule has 1 aliphatic carbocycles. The Labute approximate surface area is 119 Å². The lowest BCUT2D eigenvalue weighted by atomic mass is 9.91. The van der Waals surface area contributed by atoms with Gasteiger partial charge in [0.1, 0.15) is 5.69 Å². The number of aliphatic hydroxyl groups is 1. The van der Waals surface area contributed by atoms with Crippen molar-refractivity contribution in [1.82, 2.24) is 15.3 Å². The predicted octanol–water partition coefficient (Wildman–Crippen LogP) is 0.422. The highest BCUT2D eigenvalue weighted by Crippen LogP contribution is 2.26. The fraction of sp³-hybridized carbons (Fsp3) is 0.571. The Bertz CT molecular complexity index is 449. The van der Waals surface area contributed by atoms with Gasteiger partial charge in [0.15, 0.2) is 0 Å². The molecule has 0 spiro atoms. The normalized spacial score (nSPS) is 15.2. The van der Waals surface area contributed by atoms with Gasteiger partial charge in [0.05, 0.1) is 5.69 Å². The number of aromatic nitrogens is 1. The first-order chi connectivity index (χ1) is 9.74. The van der Waals surface area contributed by atoms with E-state index in [9.17, 15) is 4.79 Å². The molecule has 1 aliphatic rings. The summed E-state index contributed by atoms with van der Waals surface area (Å²) in [7, 11) is 0. The molecule has 1 saturated carbocycles. The zero-order valence-electron chi connectivity index (χ0n) is 11.6. The molecule has 6 heteroatoms. The van der Waals surface area contributed by atoms with Gasteiger partial charge in [0, 0.05) is 25.7 Å². The summed E-state index contributed by atoms with van der Waals surface area (Å²) in [5.41, 5.74) is 3.28. The van der Waals surface area contributed by atoms with E-state index in [2.05, 4.69) is 15.3 Å². The average molecular weight is 278 g/mol. The molecule has 20 heavy (non-hydrogen) atoms. The van der Waals surface area contributed by atoms with E-state index in [4.69, 9.17) is 10.9 Å². The van der Waals surface area contributed by atoms with Gasteiger partial charge < -0.3 is 5.11 Å². The molecule has 4 N–H and O–H groups in total. The van der Waals surface area contributed by atoms with Crippen LogP contribution in [0.15, 0.2) is 18.2 Å². The summed E-state index contributed by atoms with van der Waals surface area (Å²) in [5, 5.41) is 8.99. The number of carbonyl (C=O) groups excluding carboxylic acids is 1. The van der Waals surface area contributed by atoms with Gasteiger partial charge in [-0.05, 0) is 31.4 Å². The highest BCUT2D eigenvalue weighted by atomic mass is 16.3. The van der Waals surface area contributed by atoms with Crippen LogP contribution in [0.4, 0.5) is 0 Å². The topological polar surface area (TPSA) is 91.5 Å². The number of pyridine rings is 1. The highest BCUT2D eigenvalue weighted by molar-refractivity contribution is 5.91. The van der Waals surface area contributed by atoms with Crippen LogP contribution in [-0.2, 0) is 6.54 Å². The van der Waals surface area contributed by atoms with Crippen molar-refractivity contribution >= 4 is 5.91 Å². The Morgan fingerprint density at radius 3 is 2.90 bits per heavy atom. The van der Waals surface area contributed by atoms with Crippen molar-refractivity contribution in [3.8, 4) is 0 Å². The maximum absolute atomic E-state index is 11.5. The quantitative estimate of drug-likeness (QED) is 0.382. The summed E-state index contributed by atoms with van der Waals surface area (Å²) >= 11 is 0. The number of hydrogen-bond donors (Lipinski definition) is 3. The first kappa shape index (κ1) is 14.9. The van der Waals surface area contributed by atoms with Crippen LogP contribution in [0.5, 0.6) is 0 Å². The molecule has 2 rings (SSSR count).